The molecule has 0 saturated carbocycles. The number of hydrogen-bond donors (Lipinski definition) is 0. The number of amides is 1. The number of fused-ring (bicyclic) bond motifs is 1. The number of likely N-dealkylation sites (N-methyl/N-ethyl adjacent to an activating group) is 1. The van der Waals surface area contributed by atoms with Gasteiger partial charge in [0.15, 0.2) is 0 Å². The molecule has 4 nitrogen and oxygen atoms in total. The van der Waals surface area contributed by atoms with Crippen LogP contribution in [-0.4, -0.2) is 54.5 Å². The third-order valence-corrected chi connectivity index (χ3v) is 7.25. The predicted molar refractivity (Wildman–Crippen MR) is 121 cm³/mol. The second kappa shape index (κ2) is 9.90. The molecule has 1 amide bonds. The fourth-order valence-electron chi connectivity index (χ4n) is 5.49. The van der Waals surface area contributed by atoms with Crippen molar-refractivity contribution in [2.75, 3.05) is 20.6 Å². The minimum Gasteiger partial charge on any atom is -0.368 e. The molecule has 0 radical (unpaired) electrons. The van der Waals surface area contributed by atoms with E-state index in [0.29, 0.717) is 30.5 Å². The summed E-state index contributed by atoms with van der Waals surface area (Å²) in [5.74, 6) is -1.03. The topological polar surface area (TPSA) is 32.8 Å². The average Bonchev–Trinajstić information content (AvgIpc) is 3.17. The van der Waals surface area contributed by atoms with Crippen molar-refractivity contribution in [1.29, 1.82) is 0 Å². The van der Waals surface area contributed by atoms with Crippen LogP contribution in [0.15, 0.2) is 42.5 Å². The number of carbonyl (C=O) groups is 1. The van der Waals surface area contributed by atoms with E-state index in [1.807, 2.05) is 19.0 Å². The maximum Gasteiger partial charge on any atom is 0.416 e. The molecule has 0 bridgehead atoms. The number of rotatable bonds is 5. The molecule has 37 heavy (non-hydrogen) atoms. The zero-order chi connectivity index (χ0) is 27.3. The number of benzene rings is 2. The van der Waals surface area contributed by atoms with Crippen molar-refractivity contribution in [2.45, 2.75) is 62.3 Å². The van der Waals surface area contributed by atoms with Crippen LogP contribution in [0.1, 0.15) is 54.0 Å². The summed E-state index contributed by atoms with van der Waals surface area (Å²) in [6.07, 6.45) is -11.0. The zero-order valence-electron chi connectivity index (χ0n) is 20.4. The zero-order valence-corrected chi connectivity index (χ0v) is 20.4. The lowest BCUT2D eigenvalue weighted by Gasteiger charge is -2.42. The van der Waals surface area contributed by atoms with Crippen LogP contribution in [-0.2, 0) is 21.9 Å². The van der Waals surface area contributed by atoms with Crippen LogP contribution in [0.3, 0.4) is 0 Å². The lowest BCUT2D eigenvalue weighted by atomic mass is 9.82. The summed E-state index contributed by atoms with van der Waals surface area (Å²) in [4.78, 5) is 16.5. The second-order valence-corrected chi connectivity index (χ2v) is 9.84. The average molecular weight is 533 g/mol. The van der Waals surface area contributed by atoms with Crippen LogP contribution in [0.4, 0.5) is 30.7 Å². The molecule has 1 unspecified atom stereocenters. The molecule has 2 aromatic rings. The molecule has 2 saturated heterocycles. The van der Waals surface area contributed by atoms with Gasteiger partial charge in [-0.05, 0) is 68.9 Å². The molecule has 202 valence electrons. The lowest BCUT2D eigenvalue weighted by molar-refractivity contribution is -0.143. The normalized spacial score (nSPS) is 25.5. The Labute approximate surface area is 210 Å². The number of ether oxygens (including phenoxy) is 1. The van der Waals surface area contributed by atoms with Crippen molar-refractivity contribution in [3.05, 3.63) is 70.5 Å². The maximum absolute atomic E-state index is 13.7. The SMILES string of the molecule is C[C@@H](O[C@H]1CN2C(=O)CCC(N(C)C)[C@H]2[C@@H]1c1ccc(F)cc1)c1cc(C(F)(F)F)cc(C(F)(F)F)c1. The Kier molecular flexibility index (Phi) is 7.33. The van der Waals surface area contributed by atoms with Gasteiger partial charge in [-0.1, -0.05) is 12.1 Å². The number of hydrogen-bond acceptors (Lipinski definition) is 3. The highest BCUT2D eigenvalue weighted by molar-refractivity contribution is 5.78. The molecule has 2 heterocycles. The van der Waals surface area contributed by atoms with Gasteiger partial charge in [0.25, 0.3) is 0 Å². The van der Waals surface area contributed by atoms with Crippen molar-refractivity contribution in [2.24, 2.45) is 0 Å². The minimum atomic E-state index is -4.98. The van der Waals surface area contributed by atoms with Crippen LogP contribution in [0.5, 0.6) is 0 Å². The van der Waals surface area contributed by atoms with Crippen LogP contribution in [0.25, 0.3) is 0 Å². The van der Waals surface area contributed by atoms with E-state index < -0.39 is 47.4 Å². The van der Waals surface area contributed by atoms with E-state index in [1.165, 1.54) is 19.1 Å². The number of carbonyl (C=O) groups excluding carboxylic acids is 1. The van der Waals surface area contributed by atoms with Gasteiger partial charge in [0.2, 0.25) is 5.91 Å². The van der Waals surface area contributed by atoms with Crippen LogP contribution >= 0.6 is 0 Å². The molecular formula is C26H27F7N2O2. The minimum absolute atomic E-state index is 0.0675. The molecule has 2 aliphatic rings. The van der Waals surface area contributed by atoms with Gasteiger partial charge in [-0.2, -0.15) is 26.3 Å². The first-order valence-electron chi connectivity index (χ1n) is 11.8. The van der Waals surface area contributed by atoms with E-state index in [0.717, 1.165) is 0 Å². The van der Waals surface area contributed by atoms with Gasteiger partial charge in [-0.25, -0.2) is 4.39 Å². The van der Waals surface area contributed by atoms with Gasteiger partial charge in [0, 0.05) is 24.9 Å². The first kappa shape index (κ1) is 27.4. The number of piperidine rings is 1. The highest BCUT2D eigenvalue weighted by Gasteiger charge is 2.52. The molecule has 2 aliphatic heterocycles. The largest absolute Gasteiger partial charge is 0.416 e. The summed E-state index contributed by atoms with van der Waals surface area (Å²) >= 11 is 0. The van der Waals surface area contributed by atoms with Crippen LogP contribution in [0, 0.1) is 5.82 Å². The molecule has 0 spiro atoms. The molecule has 5 atom stereocenters. The highest BCUT2D eigenvalue weighted by Crippen LogP contribution is 2.44. The summed E-state index contributed by atoms with van der Waals surface area (Å²) < 4.78 is 100. The number of nitrogens with zero attached hydrogens (tertiary/aromatic N) is 2. The predicted octanol–water partition coefficient (Wildman–Crippen LogP) is 6.03. The van der Waals surface area contributed by atoms with Crippen molar-refractivity contribution >= 4 is 5.91 Å². The van der Waals surface area contributed by atoms with Crippen LogP contribution in [0.2, 0.25) is 0 Å². The summed E-state index contributed by atoms with van der Waals surface area (Å²) in [7, 11) is 3.75. The fraction of sp³-hybridized carbons (Fsp3) is 0.500. The molecular weight excluding hydrogens is 505 g/mol. The van der Waals surface area contributed by atoms with Gasteiger partial charge in [-0.3, -0.25) is 4.79 Å². The lowest BCUT2D eigenvalue weighted by Crippen LogP contribution is -2.54. The van der Waals surface area contributed by atoms with Crippen molar-refractivity contribution < 1.29 is 40.3 Å². The van der Waals surface area contributed by atoms with Gasteiger partial charge >= 0.3 is 12.4 Å². The van der Waals surface area contributed by atoms with E-state index in [-0.39, 0.29) is 36.2 Å². The Morgan fingerprint density at radius 3 is 2.05 bits per heavy atom. The first-order chi connectivity index (χ1) is 17.2. The number of halogens is 7. The third-order valence-electron chi connectivity index (χ3n) is 7.25. The molecule has 0 aliphatic carbocycles. The molecule has 2 fully saturated rings. The summed E-state index contributed by atoms with van der Waals surface area (Å²) in [5, 5.41) is 0. The van der Waals surface area contributed by atoms with Crippen molar-refractivity contribution in [1.82, 2.24) is 9.80 Å². The summed E-state index contributed by atoms with van der Waals surface area (Å²) in [6.45, 7) is 1.51. The first-order valence-corrected chi connectivity index (χ1v) is 11.8. The summed E-state index contributed by atoms with van der Waals surface area (Å²) in [5.41, 5.74) is -2.45. The van der Waals surface area contributed by atoms with Gasteiger partial charge in [0.05, 0.1) is 29.4 Å². The van der Waals surface area contributed by atoms with Gasteiger partial charge in [0.1, 0.15) is 5.82 Å². The maximum atomic E-state index is 13.7. The molecule has 11 heteroatoms. The van der Waals surface area contributed by atoms with Gasteiger partial charge < -0.3 is 14.5 Å². The Hall–Kier alpha value is -2.66. The Morgan fingerprint density at radius 1 is 0.973 bits per heavy atom. The second-order valence-electron chi connectivity index (χ2n) is 9.84. The Balaban J connectivity index is 1.72. The van der Waals surface area contributed by atoms with E-state index in [4.69, 9.17) is 4.74 Å². The van der Waals surface area contributed by atoms with Crippen molar-refractivity contribution in [3.8, 4) is 0 Å². The van der Waals surface area contributed by atoms with Gasteiger partial charge in [-0.15, -0.1) is 0 Å². The fourth-order valence-corrected chi connectivity index (χ4v) is 5.49. The quantitative estimate of drug-likeness (QED) is 0.441. The molecule has 4 rings (SSSR count). The Bertz CT molecular complexity index is 1100. The summed E-state index contributed by atoms with van der Waals surface area (Å²) in [6, 6.07) is 6.66. The number of alkyl halides is 6. The highest BCUT2D eigenvalue weighted by atomic mass is 19.4. The van der Waals surface area contributed by atoms with E-state index in [9.17, 15) is 35.5 Å². The molecule has 0 aromatic heterocycles. The smallest absolute Gasteiger partial charge is 0.368 e. The van der Waals surface area contributed by atoms with E-state index >= 15 is 0 Å². The monoisotopic (exact) mass is 532 g/mol. The van der Waals surface area contributed by atoms with E-state index in [2.05, 4.69) is 0 Å². The standard InChI is InChI=1S/C26H27F7N2O2/c1-14(16-10-17(25(28,29)30)12-18(11-16)26(31,32)33)37-21-13-35-22(36)9-8-20(34(2)3)24(35)23(21)15-4-6-19(27)7-5-15/h4-7,10-12,14,20-21,23-24H,8-9,13H2,1-3H3/t14-,20?,21+,23-,24+/m1/s1. The van der Waals surface area contributed by atoms with Crippen molar-refractivity contribution in [3.63, 3.8) is 0 Å². The van der Waals surface area contributed by atoms with E-state index in [1.54, 1.807) is 17.0 Å². The Morgan fingerprint density at radius 2 is 1.54 bits per heavy atom. The molecule has 2 aromatic carbocycles. The third kappa shape index (κ3) is 5.62. The molecule has 0 N–H and O–H groups in total. The van der Waals surface area contributed by atoms with Crippen LogP contribution < -0.4 is 0 Å².